The molecule has 0 aromatic heterocycles. The maximum Gasteiger partial charge on any atom is 0.308 e. The maximum absolute atomic E-state index is 10.6. The largest absolute Gasteiger partial charge is 0.481 e. The first-order chi connectivity index (χ1) is 8.58. The second-order valence-corrected chi connectivity index (χ2v) is 3.09. The molecule has 0 aliphatic heterocycles. The fraction of sp³-hybridized carbons (Fsp3) is 0.833. The van der Waals surface area contributed by atoms with Gasteiger partial charge in [0.1, 0.15) is 0 Å². The number of hydrogen-bond acceptors (Lipinski definition) is 5. The summed E-state index contributed by atoms with van der Waals surface area (Å²) >= 11 is 0. The molecule has 0 rings (SSSR count). The third-order valence-corrected chi connectivity index (χ3v) is 1.62. The summed E-state index contributed by atoms with van der Waals surface area (Å²) in [6.45, 7) is 8.00. The quantitative estimate of drug-likeness (QED) is 0.501. The highest BCUT2D eigenvalue weighted by atomic mass is 16.5. The lowest BCUT2D eigenvalue weighted by molar-refractivity contribution is -0.144. The SMILES string of the molecule is CCOCCC(=O)O.CCOCCC(=O)OCC. The molecule has 108 valence electrons. The number of carboxylic acids is 1. The number of ether oxygens (including phenoxy) is 3. The van der Waals surface area contributed by atoms with Gasteiger partial charge in [0.15, 0.2) is 0 Å². The molecule has 1 N–H and O–H groups in total. The summed E-state index contributed by atoms with van der Waals surface area (Å²) in [5.41, 5.74) is 0. The van der Waals surface area contributed by atoms with Crippen molar-refractivity contribution >= 4 is 11.9 Å². The minimum absolute atomic E-state index is 0.105. The predicted octanol–water partition coefficient (Wildman–Crippen LogP) is 1.47. The average Bonchev–Trinajstić information content (AvgIpc) is 2.30. The maximum atomic E-state index is 10.6. The molecule has 18 heavy (non-hydrogen) atoms. The molecule has 0 aliphatic carbocycles. The second-order valence-electron chi connectivity index (χ2n) is 3.09. The summed E-state index contributed by atoms with van der Waals surface area (Å²) < 4.78 is 14.4. The van der Waals surface area contributed by atoms with E-state index in [4.69, 9.17) is 14.6 Å². The first-order valence-corrected chi connectivity index (χ1v) is 6.11. The normalized spacial score (nSPS) is 9.28. The Bertz CT molecular complexity index is 205. The number of esters is 1. The van der Waals surface area contributed by atoms with Gasteiger partial charge in [-0.25, -0.2) is 0 Å². The Labute approximate surface area is 108 Å². The van der Waals surface area contributed by atoms with Gasteiger partial charge in [0.05, 0.1) is 32.7 Å². The minimum Gasteiger partial charge on any atom is -0.481 e. The van der Waals surface area contributed by atoms with E-state index in [1.54, 1.807) is 6.92 Å². The molecule has 0 aliphatic rings. The van der Waals surface area contributed by atoms with Crippen LogP contribution in [-0.2, 0) is 23.8 Å². The van der Waals surface area contributed by atoms with E-state index < -0.39 is 5.97 Å². The number of carbonyl (C=O) groups excluding carboxylic acids is 1. The highest BCUT2D eigenvalue weighted by Crippen LogP contribution is 1.86. The summed E-state index contributed by atoms with van der Waals surface area (Å²) in [5.74, 6) is -0.991. The van der Waals surface area contributed by atoms with Gasteiger partial charge in [-0.05, 0) is 20.8 Å². The van der Waals surface area contributed by atoms with Gasteiger partial charge in [0.25, 0.3) is 0 Å². The van der Waals surface area contributed by atoms with Crippen molar-refractivity contribution in [2.45, 2.75) is 33.6 Å². The fourth-order valence-corrected chi connectivity index (χ4v) is 0.837. The predicted molar refractivity (Wildman–Crippen MR) is 66.5 cm³/mol. The molecule has 0 bridgehead atoms. The van der Waals surface area contributed by atoms with Crippen molar-refractivity contribution in [2.24, 2.45) is 0 Å². The van der Waals surface area contributed by atoms with Crippen LogP contribution >= 0.6 is 0 Å². The monoisotopic (exact) mass is 264 g/mol. The van der Waals surface area contributed by atoms with Gasteiger partial charge in [-0.3, -0.25) is 9.59 Å². The highest BCUT2D eigenvalue weighted by molar-refractivity contribution is 5.69. The number of carbonyl (C=O) groups is 2. The Morgan fingerprint density at radius 1 is 0.889 bits per heavy atom. The fourth-order valence-electron chi connectivity index (χ4n) is 0.837. The van der Waals surface area contributed by atoms with Crippen LogP contribution in [0, 0.1) is 0 Å². The molecule has 0 spiro atoms. The van der Waals surface area contributed by atoms with E-state index in [2.05, 4.69) is 4.74 Å². The lowest BCUT2D eigenvalue weighted by Gasteiger charge is -2.00. The zero-order valence-electron chi connectivity index (χ0n) is 11.4. The topological polar surface area (TPSA) is 82.1 Å². The number of rotatable bonds is 9. The van der Waals surface area contributed by atoms with E-state index in [1.165, 1.54) is 0 Å². The van der Waals surface area contributed by atoms with Gasteiger partial charge >= 0.3 is 11.9 Å². The van der Waals surface area contributed by atoms with Crippen LogP contribution in [0.4, 0.5) is 0 Å². The summed E-state index contributed by atoms with van der Waals surface area (Å²) in [6.07, 6.45) is 0.468. The lowest BCUT2D eigenvalue weighted by atomic mass is 10.5. The summed E-state index contributed by atoms with van der Waals surface area (Å²) in [4.78, 5) is 20.4. The van der Waals surface area contributed by atoms with Crippen LogP contribution in [0.25, 0.3) is 0 Å². The van der Waals surface area contributed by atoms with E-state index >= 15 is 0 Å². The van der Waals surface area contributed by atoms with Crippen LogP contribution in [0.1, 0.15) is 33.6 Å². The smallest absolute Gasteiger partial charge is 0.308 e. The molecule has 0 aromatic rings. The molecule has 0 fully saturated rings. The second kappa shape index (κ2) is 15.9. The van der Waals surface area contributed by atoms with Gasteiger partial charge in [-0.1, -0.05) is 0 Å². The van der Waals surface area contributed by atoms with Crippen LogP contribution in [0.15, 0.2) is 0 Å². The first kappa shape index (κ1) is 19.2. The molecule has 0 saturated carbocycles. The van der Waals surface area contributed by atoms with Crippen LogP contribution in [0.2, 0.25) is 0 Å². The number of carboxylic acid groups (broad SMARTS) is 1. The molecule has 6 heteroatoms. The number of hydrogen-bond donors (Lipinski definition) is 1. The Hall–Kier alpha value is -1.14. The standard InChI is InChI=1S/C7H14O3.C5H10O3/c1-3-9-6-5-7(8)10-4-2;1-2-8-4-3-5(6)7/h3-6H2,1-2H3;2-4H2,1H3,(H,6,7). The third kappa shape index (κ3) is 20.3. The molecule has 0 heterocycles. The zero-order valence-corrected chi connectivity index (χ0v) is 11.4. The van der Waals surface area contributed by atoms with Crippen LogP contribution in [0.3, 0.4) is 0 Å². The lowest BCUT2D eigenvalue weighted by Crippen LogP contribution is -2.07. The van der Waals surface area contributed by atoms with Crippen molar-refractivity contribution in [1.29, 1.82) is 0 Å². The van der Waals surface area contributed by atoms with Crippen molar-refractivity contribution < 1.29 is 28.9 Å². The Morgan fingerprint density at radius 2 is 1.39 bits per heavy atom. The molecule has 6 nitrogen and oxygen atoms in total. The van der Waals surface area contributed by atoms with E-state index in [-0.39, 0.29) is 12.4 Å². The highest BCUT2D eigenvalue weighted by Gasteiger charge is 1.98. The van der Waals surface area contributed by atoms with Gasteiger partial charge in [-0.2, -0.15) is 0 Å². The molecule has 0 amide bonds. The van der Waals surface area contributed by atoms with E-state index in [0.29, 0.717) is 39.5 Å². The van der Waals surface area contributed by atoms with Crippen LogP contribution < -0.4 is 0 Å². The first-order valence-electron chi connectivity index (χ1n) is 6.11. The van der Waals surface area contributed by atoms with Gasteiger partial charge < -0.3 is 19.3 Å². The van der Waals surface area contributed by atoms with Crippen molar-refractivity contribution in [3.63, 3.8) is 0 Å². The van der Waals surface area contributed by atoms with E-state index in [0.717, 1.165) is 0 Å². The molecular weight excluding hydrogens is 240 g/mol. The molecule has 0 unspecified atom stereocenters. The Morgan fingerprint density at radius 3 is 1.78 bits per heavy atom. The summed E-state index contributed by atoms with van der Waals surface area (Å²) in [7, 11) is 0. The van der Waals surface area contributed by atoms with Crippen LogP contribution in [-0.4, -0.2) is 50.1 Å². The van der Waals surface area contributed by atoms with Crippen molar-refractivity contribution in [1.82, 2.24) is 0 Å². The third-order valence-electron chi connectivity index (χ3n) is 1.62. The summed E-state index contributed by atoms with van der Waals surface area (Å²) in [6, 6.07) is 0. The minimum atomic E-state index is -0.807. The Balaban J connectivity index is 0. The number of aliphatic carboxylic acids is 1. The van der Waals surface area contributed by atoms with E-state index in [1.807, 2.05) is 13.8 Å². The molecule has 0 atom stereocenters. The van der Waals surface area contributed by atoms with Crippen molar-refractivity contribution in [3.8, 4) is 0 Å². The molecule has 0 aromatic carbocycles. The molecule has 0 radical (unpaired) electrons. The summed E-state index contributed by atoms with van der Waals surface area (Å²) in [5, 5.41) is 8.06. The van der Waals surface area contributed by atoms with Crippen LogP contribution in [0.5, 0.6) is 0 Å². The molecule has 0 saturated heterocycles. The van der Waals surface area contributed by atoms with Gasteiger partial charge in [0.2, 0.25) is 0 Å². The molecular formula is C12H24O6. The van der Waals surface area contributed by atoms with Gasteiger partial charge in [-0.15, -0.1) is 0 Å². The zero-order chi connectivity index (χ0) is 14.2. The van der Waals surface area contributed by atoms with Crippen molar-refractivity contribution in [2.75, 3.05) is 33.0 Å². The Kier molecular flexibility index (Phi) is 16.9. The average molecular weight is 264 g/mol. The van der Waals surface area contributed by atoms with Crippen molar-refractivity contribution in [3.05, 3.63) is 0 Å². The van der Waals surface area contributed by atoms with E-state index in [9.17, 15) is 9.59 Å². The van der Waals surface area contributed by atoms with Gasteiger partial charge in [0, 0.05) is 13.2 Å².